The van der Waals surface area contributed by atoms with E-state index >= 15 is 0 Å². The molecule has 3 aromatic heterocycles. The summed E-state index contributed by atoms with van der Waals surface area (Å²) in [5.74, 6) is 1.08. The van der Waals surface area contributed by atoms with Crippen molar-refractivity contribution < 1.29 is 18.5 Å². The number of nitrogens with zero attached hydrogens (tertiary/aromatic N) is 3. The van der Waals surface area contributed by atoms with Gasteiger partial charge < -0.3 is 14.3 Å². The SMILES string of the molecule is Cc1cc(NC(=O)CCCSc2ccc(NC(=O)c3ccco3)nn2)on1. The van der Waals surface area contributed by atoms with E-state index in [1.165, 1.54) is 18.0 Å². The van der Waals surface area contributed by atoms with E-state index in [0.717, 1.165) is 0 Å². The predicted molar refractivity (Wildman–Crippen MR) is 98.5 cm³/mol. The van der Waals surface area contributed by atoms with Crippen LogP contribution in [0.3, 0.4) is 0 Å². The first-order valence-electron chi connectivity index (χ1n) is 8.15. The number of carbonyl (C=O) groups is 2. The standard InChI is InChI=1S/C17H17N5O4S/c1-11-10-15(26-22-11)19-14(23)5-3-9-27-16-7-6-13(20-21-16)18-17(24)12-4-2-8-25-12/h2,4,6-8,10H,3,5,9H2,1H3,(H,19,23)(H,18,20,24). The fourth-order valence-corrected chi connectivity index (χ4v) is 2.84. The molecule has 0 aliphatic rings. The molecule has 3 rings (SSSR count). The summed E-state index contributed by atoms with van der Waals surface area (Å²) < 4.78 is 9.94. The summed E-state index contributed by atoms with van der Waals surface area (Å²) in [6.07, 6.45) is 2.45. The number of nitrogens with one attached hydrogen (secondary N) is 2. The summed E-state index contributed by atoms with van der Waals surface area (Å²) in [6, 6.07) is 8.27. The van der Waals surface area contributed by atoms with E-state index in [-0.39, 0.29) is 17.6 Å². The van der Waals surface area contributed by atoms with Crippen LogP contribution in [0.2, 0.25) is 0 Å². The van der Waals surface area contributed by atoms with Gasteiger partial charge in [0, 0.05) is 18.2 Å². The molecule has 0 atom stereocenters. The quantitative estimate of drug-likeness (QED) is 0.446. The number of rotatable bonds is 8. The van der Waals surface area contributed by atoms with E-state index in [9.17, 15) is 9.59 Å². The molecule has 3 heterocycles. The molecule has 140 valence electrons. The number of aryl methyl sites for hydroxylation is 1. The van der Waals surface area contributed by atoms with E-state index in [1.54, 1.807) is 37.3 Å². The first-order chi connectivity index (χ1) is 13.1. The van der Waals surface area contributed by atoms with Gasteiger partial charge in [-0.3, -0.25) is 14.9 Å². The van der Waals surface area contributed by atoms with Crippen molar-refractivity contribution in [1.29, 1.82) is 0 Å². The van der Waals surface area contributed by atoms with Gasteiger partial charge in [-0.05, 0) is 37.6 Å². The molecule has 2 amide bonds. The zero-order valence-electron chi connectivity index (χ0n) is 14.5. The second kappa shape index (κ2) is 8.99. The van der Waals surface area contributed by atoms with E-state index in [0.29, 0.717) is 41.0 Å². The molecule has 0 aliphatic carbocycles. The molecule has 3 aromatic rings. The average molecular weight is 387 g/mol. The average Bonchev–Trinajstić information content (AvgIpc) is 3.32. The van der Waals surface area contributed by atoms with Crippen molar-refractivity contribution in [2.75, 3.05) is 16.4 Å². The highest BCUT2D eigenvalue weighted by molar-refractivity contribution is 7.99. The fraction of sp³-hybridized carbons (Fsp3) is 0.235. The van der Waals surface area contributed by atoms with Gasteiger partial charge in [0.2, 0.25) is 11.8 Å². The van der Waals surface area contributed by atoms with Crippen molar-refractivity contribution in [3.63, 3.8) is 0 Å². The first-order valence-corrected chi connectivity index (χ1v) is 9.13. The largest absolute Gasteiger partial charge is 0.459 e. The van der Waals surface area contributed by atoms with Crippen LogP contribution in [0.1, 0.15) is 29.1 Å². The highest BCUT2D eigenvalue weighted by Gasteiger charge is 2.10. The van der Waals surface area contributed by atoms with Crippen LogP contribution < -0.4 is 10.6 Å². The van der Waals surface area contributed by atoms with Crippen molar-refractivity contribution in [3.8, 4) is 0 Å². The van der Waals surface area contributed by atoms with Crippen LogP contribution in [0.5, 0.6) is 0 Å². The molecular weight excluding hydrogens is 370 g/mol. The predicted octanol–water partition coefficient (Wildman–Crippen LogP) is 3.13. The summed E-state index contributed by atoms with van der Waals surface area (Å²) in [6.45, 7) is 1.78. The molecule has 0 saturated carbocycles. The smallest absolute Gasteiger partial charge is 0.292 e. The monoisotopic (exact) mass is 387 g/mol. The Labute approximate surface area is 158 Å². The number of hydrogen-bond donors (Lipinski definition) is 2. The number of thioether (sulfide) groups is 1. The van der Waals surface area contributed by atoms with Gasteiger partial charge in [0.15, 0.2) is 11.6 Å². The zero-order chi connectivity index (χ0) is 19.1. The van der Waals surface area contributed by atoms with Crippen LogP contribution >= 0.6 is 11.8 Å². The Bertz CT molecular complexity index is 892. The molecule has 2 N–H and O–H groups in total. The minimum atomic E-state index is -0.386. The van der Waals surface area contributed by atoms with Crippen molar-refractivity contribution in [3.05, 3.63) is 48.0 Å². The number of aromatic nitrogens is 3. The molecule has 0 aliphatic heterocycles. The zero-order valence-corrected chi connectivity index (χ0v) is 15.3. The van der Waals surface area contributed by atoms with Crippen LogP contribution in [0, 0.1) is 6.92 Å². The number of anilines is 2. The number of carbonyl (C=O) groups excluding carboxylic acids is 2. The molecule has 27 heavy (non-hydrogen) atoms. The van der Waals surface area contributed by atoms with Gasteiger partial charge in [-0.15, -0.1) is 22.0 Å². The Hall–Kier alpha value is -3.14. The lowest BCUT2D eigenvalue weighted by molar-refractivity contribution is -0.116. The molecule has 10 heteroatoms. The topological polar surface area (TPSA) is 123 Å². The van der Waals surface area contributed by atoms with Gasteiger partial charge in [-0.2, -0.15) is 0 Å². The van der Waals surface area contributed by atoms with E-state index < -0.39 is 0 Å². The number of furan rings is 1. The lowest BCUT2D eigenvalue weighted by Crippen LogP contribution is -2.12. The third kappa shape index (κ3) is 5.68. The fourth-order valence-electron chi connectivity index (χ4n) is 2.08. The minimum Gasteiger partial charge on any atom is -0.459 e. The highest BCUT2D eigenvalue weighted by atomic mass is 32.2. The van der Waals surface area contributed by atoms with E-state index in [1.807, 2.05) is 0 Å². The molecule has 0 bridgehead atoms. The van der Waals surface area contributed by atoms with Gasteiger partial charge in [0.05, 0.1) is 12.0 Å². The van der Waals surface area contributed by atoms with Gasteiger partial charge in [0.1, 0.15) is 5.03 Å². The van der Waals surface area contributed by atoms with Crippen LogP contribution in [0.15, 0.2) is 50.6 Å². The van der Waals surface area contributed by atoms with Gasteiger partial charge in [0.25, 0.3) is 5.91 Å². The van der Waals surface area contributed by atoms with Crippen molar-refractivity contribution in [2.24, 2.45) is 0 Å². The van der Waals surface area contributed by atoms with E-state index in [2.05, 4.69) is 26.0 Å². The highest BCUT2D eigenvalue weighted by Crippen LogP contribution is 2.18. The Morgan fingerprint density at radius 2 is 2.07 bits per heavy atom. The molecule has 0 fully saturated rings. The normalized spacial score (nSPS) is 10.6. The first kappa shape index (κ1) is 18.6. The third-order valence-electron chi connectivity index (χ3n) is 3.32. The third-order valence-corrected chi connectivity index (χ3v) is 4.32. The number of amides is 2. The molecule has 0 saturated heterocycles. The lowest BCUT2D eigenvalue weighted by atomic mass is 10.3. The maximum atomic E-state index is 11.8. The second-order valence-electron chi connectivity index (χ2n) is 5.52. The summed E-state index contributed by atoms with van der Waals surface area (Å²) in [7, 11) is 0. The second-order valence-corrected chi connectivity index (χ2v) is 6.64. The molecule has 9 nitrogen and oxygen atoms in total. The molecule has 0 aromatic carbocycles. The maximum Gasteiger partial charge on any atom is 0.292 e. The summed E-state index contributed by atoms with van der Waals surface area (Å²) in [4.78, 5) is 23.6. The van der Waals surface area contributed by atoms with E-state index in [4.69, 9.17) is 8.94 Å². The maximum absolute atomic E-state index is 11.8. The van der Waals surface area contributed by atoms with Crippen LogP contribution in [0.4, 0.5) is 11.7 Å². The van der Waals surface area contributed by atoms with Gasteiger partial charge in [-0.1, -0.05) is 5.16 Å². The van der Waals surface area contributed by atoms with Crippen molar-refractivity contribution in [2.45, 2.75) is 24.8 Å². The Morgan fingerprint density at radius 3 is 2.74 bits per heavy atom. The molecule has 0 radical (unpaired) electrons. The van der Waals surface area contributed by atoms with Crippen LogP contribution in [0.25, 0.3) is 0 Å². The van der Waals surface area contributed by atoms with Crippen molar-refractivity contribution >= 4 is 35.3 Å². The van der Waals surface area contributed by atoms with Crippen LogP contribution in [-0.2, 0) is 4.79 Å². The molecular formula is C17H17N5O4S. The lowest BCUT2D eigenvalue weighted by Gasteiger charge is -2.03. The summed E-state index contributed by atoms with van der Waals surface area (Å²) >= 11 is 1.48. The summed E-state index contributed by atoms with van der Waals surface area (Å²) in [5.41, 5.74) is 0.711. The minimum absolute atomic E-state index is 0.131. The Morgan fingerprint density at radius 1 is 1.19 bits per heavy atom. The van der Waals surface area contributed by atoms with Crippen molar-refractivity contribution in [1.82, 2.24) is 15.4 Å². The van der Waals surface area contributed by atoms with Crippen LogP contribution in [-0.4, -0.2) is 32.9 Å². The van der Waals surface area contributed by atoms with Gasteiger partial charge >= 0.3 is 0 Å². The Kier molecular flexibility index (Phi) is 6.21. The number of hydrogen-bond acceptors (Lipinski definition) is 8. The van der Waals surface area contributed by atoms with Gasteiger partial charge in [-0.25, -0.2) is 0 Å². The molecule has 0 unspecified atom stereocenters. The Balaban J connectivity index is 1.37. The molecule has 0 spiro atoms. The summed E-state index contributed by atoms with van der Waals surface area (Å²) in [5, 5.41) is 17.7.